The van der Waals surface area contributed by atoms with E-state index in [4.69, 9.17) is 5.73 Å². The molecule has 8 heteroatoms. The minimum absolute atomic E-state index is 0.0273. The minimum Gasteiger partial charge on any atom is -0.399 e. The number of nitrogens with one attached hydrogen (secondary N) is 1. The molecule has 1 saturated heterocycles. The molecule has 168 valence electrons. The number of fused-ring (bicyclic) bond motifs is 1. The Morgan fingerprint density at radius 2 is 1.72 bits per heavy atom. The van der Waals surface area contributed by atoms with Crippen molar-refractivity contribution >= 4 is 22.4 Å². The summed E-state index contributed by atoms with van der Waals surface area (Å²) in [6, 6.07) is 10.6. The number of anilines is 1. The van der Waals surface area contributed by atoms with Crippen molar-refractivity contribution in [1.29, 1.82) is 0 Å². The first-order chi connectivity index (χ1) is 15.4. The third-order valence-corrected chi connectivity index (χ3v) is 6.20. The van der Waals surface area contributed by atoms with E-state index in [-0.39, 0.29) is 23.1 Å². The van der Waals surface area contributed by atoms with E-state index in [1.54, 1.807) is 30.3 Å². The number of aromatic nitrogens is 2. The molecule has 1 aromatic heterocycles. The number of benzene rings is 2. The third-order valence-electron chi connectivity index (χ3n) is 6.20. The van der Waals surface area contributed by atoms with Gasteiger partial charge in [0.1, 0.15) is 5.82 Å². The van der Waals surface area contributed by atoms with E-state index in [2.05, 4.69) is 9.88 Å². The minimum atomic E-state index is -0.423. The molecule has 0 aliphatic carbocycles. The number of carbonyl (C=O) groups is 1. The van der Waals surface area contributed by atoms with Gasteiger partial charge in [0.2, 0.25) is 0 Å². The number of nitrogen functional groups attached to an aromatic ring is 1. The van der Waals surface area contributed by atoms with Gasteiger partial charge in [-0.15, -0.1) is 0 Å². The second-order valence-corrected chi connectivity index (χ2v) is 8.39. The van der Waals surface area contributed by atoms with Crippen molar-refractivity contribution in [1.82, 2.24) is 14.5 Å². The first-order valence-electron chi connectivity index (χ1n) is 11.0. The number of hydrogen-bond acceptors (Lipinski definition) is 5. The molecule has 0 amide bonds. The van der Waals surface area contributed by atoms with Gasteiger partial charge < -0.3 is 15.6 Å². The van der Waals surface area contributed by atoms with Crippen LogP contribution in [0.25, 0.3) is 10.9 Å². The highest BCUT2D eigenvalue weighted by Crippen LogP contribution is 2.22. The summed E-state index contributed by atoms with van der Waals surface area (Å²) in [5.74, 6) is -0.282. The standard InChI is InChI=1S/C24H27FN4O3/c25-18-5-3-16(4-6-18)22(30)17-9-13-28(14-10-17)11-1-2-12-29-23(31)20-8-7-19(26)15-21(20)27-24(29)32/h3-8,15,17H,1-2,9-14,26H2,(H,27,32). The summed E-state index contributed by atoms with van der Waals surface area (Å²) < 4.78 is 14.3. The second kappa shape index (κ2) is 9.48. The third kappa shape index (κ3) is 4.80. The van der Waals surface area contributed by atoms with Crippen molar-refractivity contribution < 1.29 is 9.18 Å². The van der Waals surface area contributed by atoms with E-state index in [1.807, 2.05) is 0 Å². The Kier molecular flexibility index (Phi) is 6.50. The van der Waals surface area contributed by atoms with Crippen molar-refractivity contribution in [2.24, 2.45) is 5.92 Å². The van der Waals surface area contributed by atoms with Gasteiger partial charge in [-0.25, -0.2) is 9.18 Å². The SMILES string of the molecule is Nc1ccc2c(=O)n(CCCCN3CCC(C(=O)c4ccc(F)cc4)CC3)c(=O)[nH]c2c1. The van der Waals surface area contributed by atoms with E-state index in [0.29, 0.717) is 35.1 Å². The van der Waals surface area contributed by atoms with E-state index >= 15 is 0 Å². The number of nitrogens with zero attached hydrogens (tertiary/aromatic N) is 2. The Morgan fingerprint density at radius 3 is 2.44 bits per heavy atom. The van der Waals surface area contributed by atoms with Gasteiger partial charge in [-0.2, -0.15) is 0 Å². The summed E-state index contributed by atoms with van der Waals surface area (Å²) in [7, 11) is 0. The molecule has 4 rings (SSSR count). The van der Waals surface area contributed by atoms with Crippen molar-refractivity contribution in [3.8, 4) is 0 Å². The number of likely N-dealkylation sites (tertiary alicyclic amines) is 1. The molecule has 1 fully saturated rings. The number of halogens is 1. The molecule has 1 aliphatic rings. The predicted molar refractivity (Wildman–Crippen MR) is 122 cm³/mol. The maximum absolute atomic E-state index is 13.1. The maximum Gasteiger partial charge on any atom is 0.328 e. The molecule has 0 atom stereocenters. The van der Waals surface area contributed by atoms with E-state index in [1.165, 1.54) is 16.7 Å². The first-order valence-corrected chi connectivity index (χ1v) is 11.0. The molecule has 0 spiro atoms. The quantitative estimate of drug-likeness (QED) is 0.336. The summed E-state index contributed by atoms with van der Waals surface area (Å²) >= 11 is 0. The molecule has 1 aliphatic heterocycles. The molecule has 3 aromatic rings. The van der Waals surface area contributed by atoms with Crippen LogP contribution in [0.3, 0.4) is 0 Å². The highest BCUT2D eigenvalue weighted by Gasteiger charge is 2.25. The molecular formula is C24H27FN4O3. The van der Waals surface area contributed by atoms with Crippen LogP contribution in [-0.2, 0) is 6.54 Å². The highest BCUT2D eigenvalue weighted by atomic mass is 19.1. The van der Waals surface area contributed by atoms with Gasteiger partial charge in [0, 0.05) is 23.7 Å². The fourth-order valence-electron chi connectivity index (χ4n) is 4.35. The number of ketones is 1. The van der Waals surface area contributed by atoms with Crippen LogP contribution >= 0.6 is 0 Å². The topological polar surface area (TPSA) is 101 Å². The zero-order chi connectivity index (χ0) is 22.7. The lowest BCUT2D eigenvalue weighted by atomic mass is 9.89. The average molecular weight is 439 g/mol. The number of rotatable bonds is 7. The molecule has 2 heterocycles. The molecule has 3 N–H and O–H groups in total. The van der Waals surface area contributed by atoms with Gasteiger partial charge in [0.25, 0.3) is 5.56 Å². The lowest BCUT2D eigenvalue weighted by Crippen LogP contribution is -2.37. The number of H-pyrrole nitrogens is 1. The van der Waals surface area contributed by atoms with Crippen molar-refractivity contribution in [2.45, 2.75) is 32.2 Å². The Hall–Kier alpha value is -3.26. The van der Waals surface area contributed by atoms with Crippen molar-refractivity contribution in [2.75, 3.05) is 25.4 Å². The fraction of sp³-hybridized carbons (Fsp3) is 0.375. The summed E-state index contributed by atoms with van der Waals surface area (Å²) in [6.45, 7) is 2.87. The summed E-state index contributed by atoms with van der Waals surface area (Å²) in [4.78, 5) is 42.6. The molecule has 32 heavy (non-hydrogen) atoms. The van der Waals surface area contributed by atoms with Crippen molar-refractivity contribution in [3.63, 3.8) is 0 Å². The Labute approximate surface area is 184 Å². The van der Waals surface area contributed by atoms with Crippen molar-refractivity contribution in [3.05, 3.63) is 74.7 Å². The number of piperidine rings is 1. The van der Waals surface area contributed by atoms with E-state index < -0.39 is 5.69 Å². The lowest BCUT2D eigenvalue weighted by Gasteiger charge is -2.31. The molecule has 7 nitrogen and oxygen atoms in total. The second-order valence-electron chi connectivity index (χ2n) is 8.39. The van der Waals surface area contributed by atoms with Gasteiger partial charge in [-0.3, -0.25) is 14.2 Å². The van der Waals surface area contributed by atoms with Crippen LogP contribution in [0.1, 0.15) is 36.0 Å². The van der Waals surface area contributed by atoms with Gasteiger partial charge in [-0.05, 0) is 87.8 Å². The average Bonchev–Trinajstić information content (AvgIpc) is 2.78. The first kappa shape index (κ1) is 22.0. The number of carbonyl (C=O) groups excluding carboxylic acids is 1. The lowest BCUT2D eigenvalue weighted by molar-refractivity contribution is 0.0838. The summed E-state index contributed by atoms with van der Waals surface area (Å²) in [5.41, 5.74) is 6.51. The zero-order valence-corrected chi connectivity index (χ0v) is 17.9. The van der Waals surface area contributed by atoms with Crippen LogP contribution in [0.5, 0.6) is 0 Å². The van der Waals surface area contributed by atoms with Gasteiger partial charge in [-0.1, -0.05) is 0 Å². The van der Waals surface area contributed by atoms with Gasteiger partial charge in [0.05, 0.1) is 10.9 Å². The highest BCUT2D eigenvalue weighted by molar-refractivity contribution is 5.97. The predicted octanol–water partition coefficient (Wildman–Crippen LogP) is 2.79. The Bertz CT molecular complexity index is 1220. The number of aromatic amines is 1. The molecule has 0 radical (unpaired) electrons. The zero-order valence-electron chi connectivity index (χ0n) is 17.9. The summed E-state index contributed by atoms with van der Waals surface area (Å²) in [5, 5.41) is 0.451. The van der Waals surface area contributed by atoms with E-state index in [0.717, 1.165) is 38.9 Å². The molecular weight excluding hydrogens is 411 g/mol. The number of unbranched alkanes of at least 4 members (excludes halogenated alkanes) is 1. The van der Waals surface area contributed by atoms with Gasteiger partial charge in [0.15, 0.2) is 5.78 Å². The Balaban J connectivity index is 1.26. The summed E-state index contributed by atoms with van der Waals surface area (Å²) in [6.07, 6.45) is 3.12. The number of Topliss-reactive ketones (excluding diaryl/α,β-unsaturated/α-hetero) is 1. The fourth-order valence-corrected chi connectivity index (χ4v) is 4.35. The van der Waals surface area contributed by atoms with Crippen LogP contribution in [-0.4, -0.2) is 39.9 Å². The van der Waals surface area contributed by atoms with Crippen LogP contribution in [0.2, 0.25) is 0 Å². The van der Waals surface area contributed by atoms with Crippen LogP contribution < -0.4 is 17.0 Å². The van der Waals surface area contributed by atoms with Crippen LogP contribution in [0.4, 0.5) is 10.1 Å². The molecule has 0 unspecified atom stereocenters. The van der Waals surface area contributed by atoms with Crippen LogP contribution in [0, 0.1) is 11.7 Å². The number of nitrogens with two attached hydrogens (primary N) is 1. The van der Waals surface area contributed by atoms with Gasteiger partial charge >= 0.3 is 5.69 Å². The maximum atomic E-state index is 13.1. The largest absolute Gasteiger partial charge is 0.399 e. The molecule has 0 bridgehead atoms. The molecule has 2 aromatic carbocycles. The van der Waals surface area contributed by atoms with Crippen LogP contribution in [0.15, 0.2) is 52.1 Å². The number of hydrogen-bond donors (Lipinski definition) is 2. The normalized spacial score (nSPS) is 15.3. The molecule has 0 saturated carbocycles. The Morgan fingerprint density at radius 1 is 1.03 bits per heavy atom. The smallest absolute Gasteiger partial charge is 0.328 e. The van der Waals surface area contributed by atoms with E-state index in [9.17, 15) is 18.8 Å². The monoisotopic (exact) mass is 438 g/mol.